The number of halogens is 1. The number of aliphatic hydroxyl groups is 1. The molecule has 2 aliphatic heterocycles. The number of rotatable bonds is 4. The van der Waals surface area contributed by atoms with E-state index < -0.39 is 17.6 Å². The predicted octanol–water partition coefficient (Wildman–Crippen LogP) is 2.15. The monoisotopic (exact) mass is 491 g/mol. The van der Waals surface area contributed by atoms with Crippen molar-refractivity contribution in [3.63, 3.8) is 0 Å². The fraction of sp³-hybridized carbons (Fsp3) is 0.407. The Balaban J connectivity index is 1.06. The number of hydrogen-bond donors (Lipinski definition) is 3. The van der Waals surface area contributed by atoms with Crippen LogP contribution in [0.5, 0.6) is 0 Å². The molecule has 2 saturated carbocycles. The summed E-state index contributed by atoms with van der Waals surface area (Å²) in [5, 5.41) is 16.2. The molecule has 4 amide bonds. The summed E-state index contributed by atoms with van der Waals surface area (Å²) >= 11 is 0. The third-order valence-corrected chi connectivity index (χ3v) is 8.20. The third-order valence-electron chi connectivity index (χ3n) is 8.20. The van der Waals surface area contributed by atoms with Crippen LogP contribution in [0.15, 0.2) is 42.5 Å². The van der Waals surface area contributed by atoms with Crippen LogP contribution in [0.4, 0.5) is 4.39 Å². The third kappa shape index (κ3) is 3.69. The summed E-state index contributed by atoms with van der Waals surface area (Å²) in [6, 6.07) is 10.2. The predicted molar refractivity (Wildman–Crippen MR) is 125 cm³/mol. The lowest BCUT2D eigenvalue weighted by Crippen LogP contribution is -2.61. The highest BCUT2D eigenvalue weighted by molar-refractivity contribution is 6.06. The van der Waals surface area contributed by atoms with Gasteiger partial charge < -0.3 is 15.3 Å². The van der Waals surface area contributed by atoms with E-state index in [9.17, 15) is 28.7 Å². The summed E-state index contributed by atoms with van der Waals surface area (Å²) in [6.45, 7) is 0.218. The van der Waals surface area contributed by atoms with Gasteiger partial charge in [-0.15, -0.1) is 0 Å². The Morgan fingerprint density at radius 3 is 2.50 bits per heavy atom. The van der Waals surface area contributed by atoms with Crippen LogP contribution in [-0.2, 0) is 21.7 Å². The number of carbonyl (C=O) groups excluding carboxylic acids is 4. The van der Waals surface area contributed by atoms with E-state index in [1.54, 1.807) is 30.3 Å². The number of nitrogens with zero attached hydrogens (tertiary/aromatic N) is 1. The SMILES string of the molecule is O=C1CCC(N2Cc3cc(C(=O)NC4CC5(C4)CC(O)(c4ccc(F)cc4)C5)ccc3C2=O)C(=O)N1. The van der Waals surface area contributed by atoms with Gasteiger partial charge in [0.25, 0.3) is 11.8 Å². The van der Waals surface area contributed by atoms with Gasteiger partial charge in [-0.05, 0) is 79.0 Å². The van der Waals surface area contributed by atoms with Gasteiger partial charge in [0.05, 0.1) is 5.60 Å². The number of amides is 4. The molecule has 0 bridgehead atoms. The van der Waals surface area contributed by atoms with Crippen molar-refractivity contribution in [3.05, 3.63) is 70.5 Å². The highest BCUT2D eigenvalue weighted by atomic mass is 19.1. The van der Waals surface area contributed by atoms with Gasteiger partial charge in [0.15, 0.2) is 0 Å². The highest BCUT2D eigenvalue weighted by Crippen LogP contribution is 2.63. The average molecular weight is 492 g/mol. The molecule has 8 nitrogen and oxygen atoms in total. The first kappa shape index (κ1) is 22.8. The summed E-state index contributed by atoms with van der Waals surface area (Å²) < 4.78 is 13.2. The number of benzene rings is 2. The molecule has 2 aromatic rings. The maximum absolute atomic E-state index is 13.2. The molecule has 0 aromatic heterocycles. The van der Waals surface area contributed by atoms with E-state index in [1.807, 2.05) is 0 Å². The van der Waals surface area contributed by atoms with Crippen LogP contribution in [0.25, 0.3) is 0 Å². The highest BCUT2D eigenvalue weighted by Gasteiger charge is 2.60. The van der Waals surface area contributed by atoms with Crippen LogP contribution in [0.3, 0.4) is 0 Å². The van der Waals surface area contributed by atoms with Crippen molar-refractivity contribution in [3.8, 4) is 0 Å². The minimum atomic E-state index is -0.941. The first-order valence-corrected chi connectivity index (χ1v) is 12.2. The molecule has 2 heterocycles. The molecule has 2 aromatic carbocycles. The lowest BCUT2D eigenvalue weighted by atomic mass is 9.47. The second-order valence-corrected chi connectivity index (χ2v) is 10.7. The van der Waals surface area contributed by atoms with E-state index >= 15 is 0 Å². The Bertz CT molecular complexity index is 1290. The molecular formula is C27H26FN3O5. The second-order valence-electron chi connectivity index (χ2n) is 10.7. The summed E-state index contributed by atoms with van der Waals surface area (Å²) in [5.74, 6) is -1.63. The van der Waals surface area contributed by atoms with Crippen LogP contribution in [-0.4, -0.2) is 45.7 Å². The fourth-order valence-electron chi connectivity index (χ4n) is 6.51. The van der Waals surface area contributed by atoms with Crippen molar-refractivity contribution in [1.29, 1.82) is 0 Å². The maximum atomic E-state index is 13.2. The molecule has 6 rings (SSSR count). The minimum Gasteiger partial charge on any atom is -0.385 e. The number of imide groups is 1. The Kier molecular flexibility index (Phi) is 5.05. The van der Waals surface area contributed by atoms with Crippen molar-refractivity contribution >= 4 is 23.6 Å². The first-order valence-electron chi connectivity index (χ1n) is 12.2. The van der Waals surface area contributed by atoms with Crippen molar-refractivity contribution < 1.29 is 28.7 Å². The Hall–Kier alpha value is -3.59. The topological polar surface area (TPSA) is 116 Å². The van der Waals surface area contributed by atoms with Crippen LogP contribution in [0, 0.1) is 11.2 Å². The number of hydrogen-bond acceptors (Lipinski definition) is 5. The maximum Gasteiger partial charge on any atom is 0.255 e. The molecule has 1 atom stereocenters. The lowest BCUT2D eigenvalue weighted by Gasteiger charge is -2.61. The molecule has 3 N–H and O–H groups in total. The molecule has 1 unspecified atom stereocenters. The van der Waals surface area contributed by atoms with E-state index in [-0.39, 0.29) is 54.4 Å². The molecule has 36 heavy (non-hydrogen) atoms. The van der Waals surface area contributed by atoms with Crippen molar-refractivity contribution in [1.82, 2.24) is 15.5 Å². The molecule has 2 aliphatic carbocycles. The molecule has 186 valence electrons. The number of nitrogens with one attached hydrogen (secondary N) is 2. The number of carbonyl (C=O) groups is 4. The van der Waals surface area contributed by atoms with Gasteiger partial charge in [-0.25, -0.2) is 4.39 Å². The van der Waals surface area contributed by atoms with Crippen LogP contribution < -0.4 is 10.6 Å². The molecule has 0 radical (unpaired) electrons. The van der Waals surface area contributed by atoms with Crippen molar-refractivity contribution in [2.45, 2.75) is 62.8 Å². The zero-order valence-electron chi connectivity index (χ0n) is 19.6. The van der Waals surface area contributed by atoms with E-state index in [4.69, 9.17) is 0 Å². The molecule has 9 heteroatoms. The van der Waals surface area contributed by atoms with Gasteiger partial charge in [0.1, 0.15) is 11.9 Å². The van der Waals surface area contributed by atoms with Crippen LogP contribution in [0.1, 0.15) is 70.4 Å². The smallest absolute Gasteiger partial charge is 0.255 e. The summed E-state index contributed by atoms with van der Waals surface area (Å²) in [7, 11) is 0. The zero-order valence-corrected chi connectivity index (χ0v) is 19.6. The van der Waals surface area contributed by atoms with Crippen molar-refractivity contribution in [2.75, 3.05) is 0 Å². The Labute approximate surface area is 206 Å². The van der Waals surface area contributed by atoms with Gasteiger partial charge in [-0.1, -0.05) is 12.1 Å². The van der Waals surface area contributed by atoms with Gasteiger partial charge in [-0.2, -0.15) is 0 Å². The number of fused-ring (bicyclic) bond motifs is 1. The molecule has 1 spiro atoms. The number of piperidine rings is 1. The summed E-state index contributed by atoms with van der Waals surface area (Å²) in [5.41, 5.74) is 1.38. The van der Waals surface area contributed by atoms with Crippen LogP contribution >= 0.6 is 0 Å². The lowest BCUT2D eigenvalue weighted by molar-refractivity contribution is -0.176. The standard InChI is InChI=1S/C27H26FN3O5/c28-18-4-2-17(3-5-18)27(36)13-26(14-27)10-19(11-26)29-23(33)15-1-6-20-16(9-15)12-31(25(20)35)21-7-8-22(32)30-24(21)34/h1-6,9,19,21,36H,7-8,10-14H2,(H,29,33)(H,30,32,34). The minimum absolute atomic E-state index is 0.00474. The van der Waals surface area contributed by atoms with Gasteiger partial charge in [0.2, 0.25) is 11.8 Å². The van der Waals surface area contributed by atoms with Gasteiger partial charge in [0, 0.05) is 30.1 Å². The second kappa shape index (κ2) is 7.96. The Morgan fingerprint density at radius 1 is 1.08 bits per heavy atom. The normalized spacial score (nSPS) is 30.9. The van der Waals surface area contributed by atoms with E-state index in [0.29, 0.717) is 29.5 Å². The zero-order chi connectivity index (χ0) is 25.2. The Morgan fingerprint density at radius 2 is 1.81 bits per heavy atom. The first-order chi connectivity index (χ1) is 17.1. The fourth-order valence-corrected chi connectivity index (χ4v) is 6.51. The average Bonchev–Trinajstić information content (AvgIpc) is 3.12. The molecule has 4 aliphatic rings. The van der Waals surface area contributed by atoms with Gasteiger partial charge in [-0.3, -0.25) is 24.5 Å². The van der Waals surface area contributed by atoms with Crippen LogP contribution in [0.2, 0.25) is 0 Å². The van der Waals surface area contributed by atoms with E-state index in [0.717, 1.165) is 18.4 Å². The molecule has 3 fully saturated rings. The molecule has 1 saturated heterocycles. The largest absolute Gasteiger partial charge is 0.385 e. The van der Waals surface area contributed by atoms with Crippen molar-refractivity contribution in [2.24, 2.45) is 5.41 Å². The summed E-state index contributed by atoms with van der Waals surface area (Å²) in [4.78, 5) is 50.9. The van der Waals surface area contributed by atoms with E-state index in [2.05, 4.69) is 10.6 Å². The van der Waals surface area contributed by atoms with E-state index in [1.165, 1.54) is 17.0 Å². The summed E-state index contributed by atoms with van der Waals surface area (Å²) in [6.07, 6.45) is 3.21. The quantitative estimate of drug-likeness (QED) is 0.567. The molecular weight excluding hydrogens is 465 g/mol. The van der Waals surface area contributed by atoms with Gasteiger partial charge >= 0.3 is 0 Å².